The highest BCUT2D eigenvalue weighted by molar-refractivity contribution is 7.17. The summed E-state index contributed by atoms with van der Waals surface area (Å²) in [5.74, 6) is 0.536. The van der Waals surface area contributed by atoms with Gasteiger partial charge in [-0.15, -0.1) is 22.7 Å². The molecule has 0 saturated carbocycles. The fourth-order valence-corrected chi connectivity index (χ4v) is 4.64. The van der Waals surface area contributed by atoms with E-state index in [0.29, 0.717) is 43.5 Å². The number of methoxy groups -OCH3 is 2. The molecule has 158 valence electrons. The van der Waals surface area contributed by atoms with Gasteiger partial charge in [0.05, 0.1) is 25.6 Å². The average molecular weight is 456 g/mol. The van der Waals surface area contributed by atoms with Gasteiger partial charge in [0.15, 0.2) is 16.6 Å². The zero-order valence-corrected chi connectivity index (χ0v) is 18.6. The lowest BCUT2D eigenvalue weighted by Gasteiger charge is -2.08. The number of aryl methyl sites for hydroxylation is 1. The van der Waals surface area contributed by atoms with E-state index in [0.717, 1.165) is 5.56 Å². The smallest absolute Gasteiger partial charge is 0.269 e. The van der Waals surface area contributed by atoms with Crippen molar-refractivity contribution in [2.75, 3.05) is 19.5 Å². The molecule has 2 aromatic carbocycles. The predicted octanol–water partition coefficient (Wildman–Crippen LogP) is 5.65. The molecule has 0 saturated heterocycles. The van der Waals surface area contributed by atoms with Crippen molar-refractivity contribution in [3.05, 3.63) is 64.2 Å². The number of rotatable bonds is 6. The number of amides is 1. The fraction of sp³-hybridized carbons (Fsp3) is 0.136. The molecular formula is C22H18FN3O3S2. The van der Waals surface area contributed by atoms with Crippen LogP contribution in [-0.2, 0) is 0 Å². The van der Waals surface area contributed by atoms with Crippen molar-refractivity contribution in [3.63, 3.8) is 0 Å². The van der Waals surface area contributed by atoms with Crippen LogP contribution in [0.1, 0.15) is 15.4 Å². The van der Waals surface area contributed by atoms with Crippen LogP contribution in [0.3, 0.4) is 0 Å². The van der Waals surface area contributed by atoms with Gasteiger partial charge in [-0.1, -0.05) is 12.1 Å². The number of carbonyl (C=O) groups excluding carboxylic acids is 1. The Hall–Kier alpha value is -3.30. The van der Waals surface area contributed by atoms with Crippen molar-refractivity contribution >= 4 is 33.7 Å². The zero-order chi connectivity index (χ0) is 22.0. The number of hydrogen-bond donors (Lipinski definition) is 1. The molecule has 0 bridgehead atoms. The van der Waals surface area contributed by atoms with Gasteiger partial charge in [0.2, 0.25) is 0 Å². The second kappa shape index (κ2) is 8.83. The molecule has 0 aliphatic carbocycles. The minimum atomic E-state index is -0.358. The Kier molecular flexibility index (Phi) is 5.97. The monoisotopic (exact) mass is 455 g/mol. The molecule has 9 heteroatoms. The molecule has 2 heterocycles. The number of thiazole rings is 2. The van der Waals surface area contributed by atoms with E-state index in [9.17, 15) is 9.18 Å². The number of nitrogens with one attached hydrogen (secondary N) is 1. The zero-order valence-electron chi connectivity index (χ0n) is 16.9. The van der Waals surface area contributed by atoms with E-state index >= 15 is 0 Å². The van der Waals surface area contributed by atoms with E-state index in [1.54, 1.807) is 50.8 Å². The second-order valence-corrected chi connectivity index (χ2v) is 8.33. The number of aromatic nitrogens is 2. The molecule has 6 nitrogen and oxygen atoms in total. The van der Waals surface area contributed by atoms with Crippen molar-refractivity contribution in [3.8, 4) is 33.3 Å². The number of nitrogens with zero attached hydrogens (tertiary/aromatic N) is 2. The Labute approximate surface area is 186 Å². The largest absolute Gasteiger partial charge is 0.493 e. The van der Waals surface area contributed by atoms with Crippen LogP contribution in [-0.4, -0.2) is 30.1 Å². The third-order valence-electron chi connectivity index (χ3n) is 4.51. The number of halogens is 1. The van der Waals surface area contributed by atoms with Gasteiger partial charge in [-0.2, -0.15) is 0 Å². The highest BCUT2D eigenvalue weighted by atomic mass is 32.1. The highest BCUT2D eigenvalue weighted by Crippen LogP contribution is 2.35. The number of hydrogen-bond acceptors (Lipinski definition) is 7. The third-order valence-corrected chi connectivity index (χ3v) is 6.47. The lowest BCUT2D eigenvalue weighted by Crippen LogP contribution is -2.11. The molecule has 0 radical (unpaired) electrons. The van der Waals surface area contributed by atoms with Gasteiger partial charge in [0.25, 0.3) is 5.91 Å². The Bertz CT molecular complexity index is 1250. The van der Waals surface area contributed by atoms with Crippen molar-refractivity contribution in [1.29, 1.82) is 0 Å². The lowest BCUT2D eigenvalue weighted by atomic mass is 10.2. The van der Waals surface area contributed by atoms with Crippen LogP contribution < -0.4 is 14.8 Å². The molecule has 0 fully saturated rings. The Balaban J connectivity index is 1.56. The van der Waals surface area contributed by atoms with E-state index in [1.165, 1.54) is 28.7 Å². The van der Waals surface area contributed by atoms with Crippen molar-refractivity contribution < 1.29 is 18.7 Å². The number of ether oxygens (including phenoxy) is 2. The molecule has 0 aliphatic rings. The first-order valence-corrected chi connectivity index (χ1v) is 10.9. The van der Waals surface area contributed by atoms with E-state index in [2.05, 4.69) is 15.3 Å². The molecule has 31 heavy (non-hydrogen) atoms. The maximum absolute atomic E-state index is 14.0. The van der Waals surface area contributed by atoms with Gasteiger partial charge in [-0.3, -0.25) is 10.1 Å². The molecule has 0 spiro atoms. The summed E-state index contributed by atoms with van der Waals surface area (Å²) < 4.78 is 24.6. The summed E-state index contributed by atoms with van der Waals surface area (Å²) in [4.78, 5) is 22.2. The van der Waals surface area contributed by atoms with E-state index in [-0.39, 0.29) is 11.7 Å². The lowest BCUT2D eigenvalue weighted by molar-refractivity contribution is 0.103. The summed E-state index contributed by atoms with van der Waals surface area (Å²) in [5, 5.41) is 5.58. The van der Waals surface area contributed by atoms with Crippen LogP contribution >= 0.6 is 22.7 Å². The van der Waals surface area contributed by atoms with Crippen molar-refractivity contribution in [1.82, 2.24) is 9.97 Å². The maximum Gasteiger partial charge on any atom is 0.269 e. The number of carbonyl (C=O) groups is 1. The number of benzene rings is 2. The normalized spacial score (nSPS) is 10.7. The Morgan fingerprint density at radius 1 is 1.06 bits per heavy atom. The molecule has 4 aromatic rings. The summed E-state index contributed by atoms with van der Waals surface area (Å²) in [6.07, 6.45) is 0. The summed E-state index contributed by atoms with van der Waals surface area (Å²) in [6.45, 7) is 1.78. The summed E-state index contributed by atoms with van der Waals surface area (Å²) in [7, 11) is 3.14. The quantitative estimate of drug-likeness (QED) is 0.407. The first-order chi connectivity index (χ1) is 15.0. The summed E-state index contributed by atoms with van der Waals surface area (Å²) in [6, 6.07) is 11.9. The van der Waals surface area contributed by atoms with Crippen molar-refractivity contribution in [2.45, 2.75) is 6.92 Å². The van der Waals surface area contributed by atoms with Crippen molar-refractivity contribution in [2.24, 2.45) is 0 Å². The van der Waals surface area contributed by atoms with Crippen LogP contribution in [0.4, 0.5) is 9.52 Å². The van der Waals surface area contributed by atoms with Crippen LogP contribution in [0.2, 0.25) is 0 Å². The average Bonchev–Trinajstić information content (AvgIpc) is 3.40. The van der Waals surface area contributed by atoms with E-state index in [1.807, 2.05) is 12.1 Å². The molecule has 0 aliphatic heterocycles. The minimum absolute atomic E-state index is 0.309. The third kappa shape index (κ3) is 4.28. The van der Waals surface area contributed by atoms with E-state index < -0.39 is 0 Å². The summed E-state index contributed by atoms with van der Waals surface area (Å²) >= 11 is 2.51. The molecule has 2 aromatic heterocycles. The fourth-order valence-electron chi connectivity index (χ4n) is 2.98. The molecule has 0 unspecified atom stereocenters. The topological polar surface area (TPSA) is 73.3 Å². The molecular weight excluding hydrogens is 437 g/mol. The maximum atomic E-state index is 14.0. The second-order valence-electron chi connectivity index (χ2n) is 6.48. The minimum Gasteiger partial charge on any atom is -0.493 e. The predicted molar refractivity (Wildman–Crippen MR) is 121 cm³/mol. The standard InChI is InChI=1S/C22H18FN3O3S2/c1-12-19(31-21(24-12)13-8-9-17(28-2)18(10-13)29-3)20(27)26-22-25-16(11-30-22)14-6-4-5-7-15(14)23/h4-11H,1-3H3,(H,25,26,27). The van der Waals surface area contributed by atoms with Crippen LogP contribution in [0, 0.1) is 12.7 Å². The van der Waals surface area contributed by atoms with Gasteiger partial charge < -0.3 is 9.47 Å². The first-order valence-electron chi connectivity index (χ1n) is 9.21. The SMILES string of the molecule is COc1ccc(-c2nc(C)c(C(=O)Nc3nc(-c4ccccc4F)cs3)s2)cc1OC. The summed E-state index contributed by atoms with van der Waals surface area (Å²) in [5.41, 5.74) is 2.30. The highest BCUT2D eigenvalue weighted by Gasteiger charge is 2.19. The van der Waals surface area contributed by atoms with Crippen LogP contribution in [0.15, 0.2) is 47.8 Å². The molecule has 1 N–H and O–H groups in total. The van der Waals surface area contributed by atoms with Crippen LogP contribution in [0.25, 0.3) is 21.8 Å². The van der Waals surface area contributed by atoms with Gasteiger partial charge in [-0.25, -0.2) is 14.4 Å². The van der Waals surface area contributed by atoms with Gasteiger partial charge in [-0.05, 0) is 37.3 Å². The Morgan fingerprint density at radius 3 is 2.58 bits per heavy atom. The molecule has 1 amide bonds. The number of anilines is 1. The van der Waals surface area contributed by atoms with Gasteiger partial charge in [0.1, 0.15) is 15.7 Å². The first kappa shape index (κ1) is 21.0. The van der Waals surface area contributed by atoms with Gasteiger partial charge in [0, 0.05) is 16.5 Å². The molecule has 0 atom stereocenters. The molecule has 4 rings (SSSR count). The van der Waals surface area contributed by atoms with Gasteiger partial charge >= 0.3 is 0 Å². The van der Waals surface area contributed by atoms with Crippen LogP contribution in [0.5, 0.6) is 11.5 Å². The van der Waals surface area contributed by atoms with E-state index in [4.69, 9.17) is 9.47 Å². The Morgan fingerprint density at radius 2 is 1.84 bits per heavy atom.